The van der Waals surface area contributed by atoms with Crippen LogP contribution >= 0.6 is 11.8 Å². The zero-order chi connectivity index (χ0) is 23.2. The number of aryl methyl sites for hydroxylation is 1. The van der Waals surface area contributed by atoms with Crippen LogP contribution in [0.3, 0.4) is 0 Å². The fourth-order valence-electron chi connectivity index (χ4n) is 4.24. The van der Waals surface area contributed by atoms with E-state index in [9.17, 15) is 13.2 Å². The second-order valence-corrected chi connectivity index (χ2v) is 11.5. The van der Waals surface area contributed by atoms with Gasteiger partial charge in [-0.1, -0.05) is 17.8 Å². The van der Waals surface area contributed by atoms with Crippen LogP contribution in [-0.4, -0.2) is 52.4 Å². The average molecular weight is 485 g/mol. The molecule has 8 nitrogen and oxygen atoms in total. The minimum absolute atomic E-state index is 0.0759. The molecule has 2 aliphatic heterocycles. The molecule has 4 heterocycles. The van der Waals surface area contributed by atoms with E-state index in [-0.39, 0.29) is 28.4 Å². The maximum atomic E-state index is 12.8. The first kappa shape index (κ1) is 22.0. The van der Waals surface area contributed by atoms with Gasteiger partial charge in [0.15, 0.2) is 15.0 Å². The maximum Gasteiger partial charge on any atom is 0.258 e. The molecule has 10 heteroatoms. The SMILES string of the molecule is CCOc1ccc(N(Cc2cc(=O)n3c(C)cccc3n2)C2=N[C@H]3CS(=O)(=O)C[C@@H]3S2)cc1. The third kappa shape index (κ3) is 4.37. The molecule has 1 aromatic carbocycles. The average Bonchev–Trinajstić information content (AvgIpc) is 3.26. The van der Waals surface area contributed by atoms with Crippen LogP contribution in [0, 0.1) is 6.92 Å². The zero-order valence-corrected chi connectivity index (χ0v) is 20.0. The highest BCUT2D eigenvalue weighted by atomic mass is 32.2. The van der Waals surface area contributed by atoms with E-state index in [1.165, 1.54) is 11.8 Å². The number of pyridine rings is 1. The Hall–Kier alpha value is -2.85. The van der Waals surface area contributed by atoms with Crippen LogP contribution in [0.15, 0.2) is 58.3 Å². The van der Waals surface area contributed by atoms with Crippen LogP contribution in [0.5, 0.6) is 5.75 Å². The van der Waals surface area contributed by atoms with Gasteiger partial charge in [0.05, 0.1) is 36.4 Å². The van der Waals surface area contributed by atoms with Gasteiger partial charge in [0.1, 0.15) is 11.4 Å². The van der Waals surface area contributed by atoms with E-state index >= 15 is 0 Å². The maximum absolute atomic E-state index is 12.8. The van der Waals surface area contributed by atoms with E-state index in [2.05, 4.69) is 0 Å². The first-order chi connectivity index (χ1) is 15.8. The van der Waals surface area contributed by atoms with Crippen LogP contribution in [-0.2, 0) is 16.4 Å². The Labute approximate surface area is 196 Å². The number of rotatable bonds is 5. The van der Waals surface area contributed by atoms with Crippen LogP contribution in [0.2, 0.25) is 0 Å². The predicted octanol–water partition coefficient (Wildman–Crippen LogP) is 2.68. The zero-order valence-electron chi connectivity index (χ0n) is 18.3. The van der Waals surface area contributed by atoms with Crippen LogP contribution in [0.25, 0.3) is 5.65 Å². The lowest BCUT2D eigenvalue weighted by atomic mass is 10.2. The van der Waals surface area contributed by atoms with Crippen LogP contribution in [0.4, 0.5) is 5.69 Å². The van der Waals surface area contributed by atoms with Crippen molar-refractivity contribution in [3.63, 3.8) is 0 Å². The largest absolute Gasteiger partial charge is 0.494 e. The highest BCUT2D eigenvalue weighted by molar-refractivity contribution is 8.15. The lowest BCUT2D eigenvalue weighted by Gasteiger charge is -2.24. The monoisotopic (exact) mass is 484 g/mol. The Bertz CT molecular complexity index is 1400. The topological polar surface area (TPSA) is 93.3 Å². The van der Waals surface area contributed by atoms with Crippen molar-refractivity contribution in [3.8, 4) is 5.75 Å². The summed E-state index contributed by atoms with van der Waals surface area (Å²) in [4.78, 5) is 24.3. The molecule has 2 aromatic heterocycles. The molecule has 0 spiro atoms. The molecule has 0 radical (unpaired) electrons. The third-order valence-corrected chi connectivity index (χ3v) is 9.00. The normalized spacial score (nSPS) is 21.1. The van der Waals surface area contributed by atoms with Crippen molar-refractivity contribution in [2.24, 2.45) is 4.99 Å². The van der Waals surface area contributed by atoms with Gasteiger partial charge in [-0.15, -0.1) is 0 Å². The smallest absolute Gasteiger partial charge is 0.258 e. The molecule has 1 saturated heterocycles. The number of benzene rings is 1. The van der Waals surface area contributed by atoms with Gasteiger partial charge in [-0.3, -0.25) is 14.2 Å². The number of fused-ring (bicyclic) bond motifs is 2. The van der Waals surface area contributed by atoms with Gasteiger partial charge in [0.25, 0.3) is 5.56 Å². The molecule has 33 heavy (non-hydrogen) atoms. The summed E-state index contributed by atoms with van der Waals surface area (Å²) in [5.41, 5.74) is 2.77. The number of anilines is 1. The molecular weight excluding hydrogens is 460 g/mol. The number of aromatic nitrogens is 2. The number of amidine groups is 1. The molecule has 0 bridgehead atoms. The van der Waals surface area contributed by atoms with E-state index < -0.39 is 9.84 Å². The van der Waals surface area contributed by atoms with E-state index in [4.69, 9.17) is 14.7 Å². The molecule has 172 valence electrons. The Kier molecular flexibility index (Phi) is 5.65. The molecule has 0 amide bonds. The van der Waals surface area contributed by atoms with Crippen molar-refractivity contribution in [2.75, 3.05) is 23.0 Å². The van der Waals surface area contributed by atoms with Gasteiger partial charge < -0.3 is 9.64 Å². The second-order valence-electron chi connectivity index (χ2n) is 8.17. The Morgan fingerprint density at radius 3 is 2.70 bits per heavy atom. The summed E-state index contributed by atoms with van der Waals surface area (Å²) in [7, 11) is -3.04. The lowest BCUT2D eigenvalue weighted by molar-refractivity contribution is 0.340. The molecule has 2 aliphatic rings. The standard InChI is InChI=1S/C23H24N4O4S2/c1-3-31-18-9-7-17(8-10-18)26(23-25-19-13-33(29,30)14-20(19)32-23)12-16-11-22(28)27-15(2)5-4-6-21(27)24-16/h4-11,19-20H,3,12-14H2,1-2H3/t19-,20-/m0/s1. The molecule has 0 saturated carbocycles. The number of thioether (sulfide) groups is 1. The molecule has 0 aliphatic carbocycles. The van der Waals surface area contributed by atoms with Crippen molar-refractivity contribution in [3.05, 3.63) is 70.3 Å². The minimum Gasteiger partial charge on any atom is -0.494 e. The van der Waals surface area contributed by atoms with Crippen molar-refractivity contribution in [2.45, 2.75) is 31.7 Å². The molecule has 0 N–H and O–H groups in total. The number of nitrogens with zero attached hydrogens (tertiary/aromatic N) is 4. The third-order valence-electron chi connectivity index (χ3n) is 5.75. The Balaban J connectivity index is 1.52. The van der Waals surface area contributed by atoms with Gasteiger partial charge in [-0.05, 0) is 50.2 Å². The van der Waals surface area contributed by atoms with Gasteiger partial charge in [-0.2, -0.15) is 0 Å². The quantitative estimate of drug-likeness (QED) is 0.550. The summed E-state index contributed by atoms with van der Waals surface area (Å²) < 4.78 is 31.2. The summed E-state index contributed by atoms with van der Waals surface area (Å²) in [6.07, 6.45) is 0. The Morgan fingerprint density at radius 1 is 1.18 bits per heavy atom. The number of sulfone groups is 1. The number of hydrogen-bond donors (Lipinski definition) is 0. The van der Waals surface area contributed by atoms with Crippen molar-refractivity contribution in [1.29, 1.82) is 0 Å². The van der Waals surface area contributed by atoms with Crippen LogP contribution < -0.4 is 15.2 Å². The predicted molar refractivity (Wildman–Crippen MR) is 131 cm³/mol. The fourth-order valence-corrected chi connectivity index (χ4v) is 8.02. The molecule has 0 unspecified atom stereocenters. The fraction of sp³-hybridized carbons (Fsp3) is 0.348. The van der Waals surface area contributed by atoms with Crippen molar-refractivity contribution < 1.29 is 13.2 Å². The highest BCUT2D eigenvalue weighted by Crippen LogP contribution is 2.37. The van der Waals surface area contributed by atoms with Crippen molar-refractivity contribution in [1.82, 2.24) is 9.38 Å². The molecular formula is C23H24N4O4S2. The summed E-state index contributed by atoms with van der Waals surface area (Å²) in [5.74, 6) is 0.990. The van der Waals surface area contributed by atoms with Gasteiger partial charge in [-0.25, -0.2) is 13.4 Å². The molecule has 5 rings (SSSR count). The summed E-state index contributed by atoms with van der Waals surface area (Å²) in [5, 5.41) is 0.670. The Morgan fingerprint density at radius 2 is 1.97 bits per heavy atom. The van der Waals surface area contributed by atoms with Gasteiger partial charge in [0, 0.05) is 22.7 Å². The number of ether oxygens (including phenoxy) is 1. The van der Waals surface area contributed by atoms with Gasteiger partial charge in [0.2, 0.25) is 0 Å². The second kappa shape index (κ2) is 8.49. The van der Waals surface area contributed by atoms with E-state index in [0.29, 0.717) is 24.5 Å². The number of hydrogen-bond acceptors (Lipinski definition) is 8. The summed E-state index contributed by atoms with van der Waals surface area (Å²) in [6.45, 7) is 4.72. The number of aliphatic imine (C=N–C) groups is 1. The van der Waals surface area contributed by atoms with Gasteiger partial charge >= 0.3 is 0 Å². The lowest BCUT2D eigenvalue weighted by Crippen LogP contribution is -2.30. The molecule has 1 fully saturated rings. The minimum atomic E-state index is -3.04. The summed E-state index contributed by atoms with van der Waals surface area (Å²) in [6, 6.07) is 14.5. The molecule has 3 aromatic rings. The van der Waals surface area contributed by atoms with E-state index in [1.807, 2.05) is 61.2 Å². The van der Waals surface area contributed by atoms with E-state index in [0.717, 1.165) is 22.3 Å². The molecule has 2 atom stereocenters. The van der Waals surface area contributed by atoms with E-state index in [1.54, 1.807) is 10.5 Å². The van der Waals surface area contributed by atoms with Crippen molar-refractivity contribution >= 4 is 38.1 Å². The summed E-state index contributed by atoms with van der Waals surface area (Å²) >= 11 is 1.48. The first-order valence-electron chi connectivity index (χ1n) is 10.8. The highest BCUT2D eigenvalue weighted by Gasteiger charge is 2.44. The first-order valence-corrected chi connectivity index (χ1v) is 13.5. The van der Waals surface area contributed by atoms with Crippen LogP contribution in [0.1, 0.15) is 18.3 Å².